The number of methoxy groups -OCH3 is 2. The van der Waals surface area contributed by atoms with Crippen molar-refractivity contribution in [1.82, 2.24) is 5.32 Å². The number of aryl methyl sites for hydroxylation is 1. The first-order valence-electron chi connectivity index (χ1n) is 5.93. The molecule has 0 aliphatic carbocycles. The number of hydrogen-bond donors (Lipinski definition) is 1. The third-order valence-corrected chi connectivity index (χ3v) is 3.02. The van der Waals surface area contributed by atoms with Crippen LogP contribution in [-0.4, -0.2) is 21.3 Å². The van der Waals surface area contributed by atoms with Gasteiger partial charge in [-0.2, -0.15) is 0 Å². The molecule has 3 heteroatoms. The van der Waals surface area contributed by atoms with E-state index in [-0.39, 0.29) is 6.23 Å². The Morgan fingerprint density at radius 3 is 2.18 bits per heavy atom. The number of rotatable bonds is 5. The van der Waals surface area contributed by atoms with Crippen molar-refractivity contribution in [3.8, 4) is 5.75 Å². The van der Waals surface area contributed by atoms with E-state index in [2.05, 4.69) is 38.2 Å². The lowest BCUT2D eigenvalue weighted by molar-refractivity contribution is 0.0802. The first kappa shape index (κ1) is 14.0. The summed E-state index contributed by atoms with van der Waals surface area (Å²) < 4.78 is 10.9. The van der Waals surface area contributed by atoms with Crippen molar-refractivity contribution < 1.29 is 9.47 Å². The Labute approximate surface area is 104 Å². The zero-order valence-corrected chi connectivity index (χ0v) is 11.6. The predicted molar refractivity (Wildman–Crippen MR) is 70.6 cm³/mol. The van der Waals surface area contributed by atoms with Gasteiger partial charge < -0.3 is 9.47 Å². The number of benzene rings is 1. The molecule has 1 aromatic carbocycles. The van der Waals surface area contributed by atoms with Crippen LogP contribution in [0.5, 0.6) is 5.75 Å². The predicted octanol–water partition coefficient (Wildman–Crippen LogP) is 2.99. The Bertz CT molecular complexity index is 371. The summed E-state index contributed by atoms with van der Waals surface area (Å²) in [6, 6.07) is 4.25. The van der Waals surface area contributed by atoms with E-state index in [9.17, 15) is 0 Å². The molecule has 0 aromatic heterocycles. The van der Waals surface area contributed by atoms with E-state index in [1.54, 1.807) is 14.2 Å². The van der Waals surface area contributed by atoms with Gasteiger partial charge in [-0.05, 0) is 48.7 Å². The molecule has 0 bridgehead atoms. The first-order chi connectivity index (χ1) is 8.04. The van der Waals surface area contributed by atoms with Gasteiger partial charge in [-0.1, -0.05) is 13.8 Å². The number of nitrogens with one attached hydrogen (secondary N) is 1. The molecule has 0 amide bonds. The Hall–Kier alpha value is -1.06. The molecule has 0 fully saturated rings. The van der Waals surface area contributed by atoms with Gasteiger partial charge in [0.1, 0.15) is 12.0 Å². The molecule has 0 aliphatic heterocycles. The van der Waals surface area contributed by atoms with Crippen LogP contribution in [0.15, 0.2) is 12.1 Å². The van der Waals surface area contributed by atoms with Gasteiger partial charge in [0.25, 0.3) is 0 Å². The van der Waals surface area contributed by atoms with Crippen LogP contribution in [0.1, 0.15) is 42.7 Å². The molecule has 1 rings (SSSR count). The number of ether oxygens (including phenoxy) is 2. The van der Waals surface area contributed by atoms with Gasteiger partial charge in [0.2, 0.25) is 0 Å². The summed E-state index contributed by atoms with van der Waals surface area (Å²) in [4.78, 5) is 0. The van der Waals surface area contributed by atoms with Gasteiger partial charge in [-0.25, -0.2) is 0 Å². The molecule has 1 N–H and O–H groups in total. The van der Waals surface area contributed by atoms with E-state index in [1.807, 2.05) is 7.05 Å². The molecule has 1 atom stereocenters. The molecule has 0 saturated heterocycles. The highest BCUT2D eigenvalue weighted by molar-refractivity contribution is 5.44. The SMILES string of the molecule is CNC(OC)c1cc(C(C)C)c(OC)cc1C. The monoisotopic (exact) mass is 237 g/mol. The lowest BCUT2D eigenvalue weighted by atomic mass is 9.95. The van der Waals surface area contributed by atoms with Crippen LogP contribution >= 0.6 is 0 Å². The summed E-state index contributed by atoms with van der Waals surface area (Å²) in [6.45, 7) is 6.40. The molecule has 0 heterocycles. The van der Waals surface area contributed by atoms with E-state index in [0.29, 0.717) is 5.92 Å². The second-order valence-electron chi connectivity index (χ2n) is 4.51. The first-order valence-corrected chi connectivity index (χ1v) is 5.93. The Kier molecular flexibility index (Phi) is 4.97. The molecule has 0 spiro atoms. The summed E-state index contributed by atoms with van der Waals surface area (Å²) in [6.07, 6.45) is -0.0709. The molecule has 0 radical (unpaired) electrons. The van der Waals surface area contributed by atoms with Crippen molar-refractivity contribution >= 4 is 0 Å². The van der Waals surface area contributed by atoms with Crippen molar-refractivity contribution in [2.45, 2.75) is 32.9 Å². The summed E-state index contributed by atoms with van der Waals surface area (Å²) in [5.74, 6) is 1.38. The highest BCUT2D eigenvalue weighted by Crippen LogP contribution is 2.32. The smallest absolute Gasteiger partial charge is 0.133 e. The fraction of sp³-hybridized carbons (Fsp3) is 0.571. The minimum atomic E-state index is -0.0709. The van der Waals surface area contributed by atoms with Crippen molar-refractivity contribution in [1.29, 1.82) is 0 Å². The van der Waals surface area contributed by atoms with Crippen molar-refractivity contribution in [2.75, 3.05) is 21.3 Å². The minimum Gasteiger partial charge on any atom is -0.496 e. The van der Waals surface area contributed by atoms with Crippen molar-refractivity contribution in [3.63, 3.8) is 0 Å². The van der Waals surface area contributed by atoms with E-state index in [0.717, 1.165) is 5.75 Å². The maximum atomic E-state index is 5.43. The van der Waals surface area contributed by atoms with Crippen LogP contribution in [0, 0.1) is 6.92 Å². The molecule has 1 aromatic rings. The topological polar surface area (TPSA) is 30.5 Å². The zero-order chi connectivity index (χ0) is 13.0. The third-order valence-electron chi connectivity index (χ3n) is 3.02. The molecule has 0 saturated carbocycles. The lowest BCUT2D eigenvalue weighted by Crippen LogP contribution is -2.19. The number of hydrogen-bond acceptors (Lipinski definition) is 3. The van der Waals surface area contributed by atoms with Crippen LogP contribution < -0.4 is 10.1 Å². The maximum absolute atomic E-state index is 5.43. The Morgan fingerprint density at radius 1 is 1.12 bits per heavy atom. The fourth-order valence-corrected chi connectivity index (χ4v) is 2.03. The van der Waals surface area contributed by atoms with E-state index in [1.165, 1.54) is 16.7 Å². The maximum Gasteiger partial charge on any atom is 0.133 e. The van der Waals surface area contributed by atoms with Crippen LogP contribution in [0.25, 0.3) is 0 Å². The second-order valence-corrected chi connectivity index (χ2v) is 4.51. The normalized spacial score (nSPS) is 12.9. The molecule has 0 aliphatic rings. The van der Waals surface area contributed by atoms with Crippen molar-refractivity contribution in [3.05, 3.63) is 28.8 Å². The van der Waals surface area contributed by atoms with E-state index >= 15 is 0 Å². The largest absolute Gasteiger partial charge is 0.496 e. The minimum absolute atomic E-state index is 0.0709. The van der Waals surface area contributed by atoms with Gasteiger partial charge in [-0.15, -0.1) is 0 Å². The zero-order valence-electron chi connectivity index (χ0n) is 11.6. The average molecular weight is 237 g/mol. The van der Waals surface area contributed by atoms with E-state index < -0.39 is 0 Å². The van der Waals surface area contributed by atoms with Gasteiger partial charge in [0.15, 0.2) is 0 Å². The Morgan fingerprint density at radius 2 is 1.76 bits per heavy atom. The van der Waals surface area contributed by atoms with Crippen molar-refractivity contribution in [2.24, 2.45) is 0 Å². The highest BCUT2D eigenvalue weighted by Gasteiger charge is 2.16. The third kappa shape index (κ3) is 2.99. The molecule has 17 heavy (non-hydrogen) atoms. The summed E-state index contributed by atoms with van der Waals surface area (Å²) in [7, 11) is 5.32. The second kappa shape index (κ2) is 6.03. The standard InChI is InChI=1S/C14H23NO2/c1-9(2)11-8-12(14(15-4)17-6)10(3)7-13(11)16-5/h7-9,14-15H,1-6H3. The molecule has 1 unspecified atom stereocenters. The highest BCUT2D eigenvalue weighted by atomic mass is 16.5. The van der Waals surface area contributed by atoms with Gasteiger partial charge in [0.05, 0.1) is 7.11 Å². The summed E-state index contributed by atoms with van der Waals surface area (Å²) in [5, 5.41) is 3.15. The van der Waals surface area contributed by atoms with Crippen LogP contribution in [0.3, 0.4) is 0 Å². The van der Waals surface area contributed by atoms with Gasteiger partial charge in [0, 0.05) is 7.11 Å². The average Bonchev–Trinajstić information content (AvgIpc) is 2.31. The van der Waals surface area contributed by atoms with Gasteiger partial charge >= 0.3 is 0 Å². The quantitative estimate of drug-likeness (QED) is 0.799. The van der Waals surface area contributed by atoms with Gasteiger partial charge in [-0.3, -0.25) is 5.32 Å². The molecular weight excluding hydrogens is 214 g/mol. The molecule has 96 valence electrons. The van der Waals surface area contributed by atoms with Crippen LogP contribution in [-0.2, 0) is 4.74 Å². The van der Waals surface area contributed by atoms with Crippen LogP contribution in [0.4, 0.5) is 0 Å². The molecular formula is C14H23NO2. The fourth-order valence-electron chi connectivity index (χ4n) is 2.03. The van der Waals surface area contributed by atoms with Crippen LogP contribution in [0.2, 0.25) is 0 Å². The molecule has 3 nitrogen and oxygen atoms in total. The lowest BCUT2D eigenvalue weighted by Gasteiger charge is -2.21. The van der Waals surface area contributed by atoms with E-state index in [4.69, 9.17) is 9.47 Å². The Balaban J connectivity index is 3.28. The summed E-state index contributed by atoms with van der Waals surface area (Å²) in [5.41, 5.74) is 3.55. The summed E-state index contributed by atoms with van der Waals surface area (Å²) >= 11 is 0.